The molecule has 2 heterocycles. The maximum atomic E-state index is 12.9. The molecule has 2 aliphatic rings. The van der Waals surface area contributed by atoms with Crippen LogP contribution in [0.15, 0.2) is 24.3 Å². The number of rotatable bonds is 2. The highest BCUT2D eigenvalue weighted by atomic mass is 19.1. The largest absolute Gasteiger partial charge is 0.330 e. The minimum atomic E-state index is -0.239. The van der Waals surface area contributed by atoms with Crippen LogP contribution in [0, 0.1) is 5.82 Å². The summed E-state index contributed by atoms with van der Waals surface area (Å²) in [7, 11) is 0. The third kappa shape index (κ3) is 1.63. The van der Waals surface area contributed by atoms with Gasteiger partial charge in [-0.3, -0.25) is 4.79 Å². The molecule has 3 nitrogen and oxygen atoms in total. The average Bonchev–Trinajstić information content (AvgIpc) is 2.89. The molecule has 3 atom stereocenters. The van der Waals surface area contributed by atoms with E-state index in [0.717, 1.165) is 18.5 Å². The van der Waals surface area contributed by atoms with Crippen molar-refractivity contribution in [2.75, 3.05) is 6.54 Å². The molecule has 0 saturated carbocycles. The van der Waals surface area contributed by atoms with Gasteiger partial charge in [0.15, 0.2) is 0 Å². The van der Waals surface area contributed by atoms with E-state index < -0.39 is 0 Å². The van der Waals surface area contributed by atoms with Crippen molar-refractivity contribution in [3.8, 4) is 0 Å². The summed E-state index contributed by atoms with van der Waals surface area (Å²) < 4.78 is 12.9. The predicted molar refractivity (Wildman–Crippen MR) is 61.9 cm³/mol. The van der Waals surface area contributed by atoms with E-state index in [1.807, 2.05) is 11.8 Å². The Labute approximate surface area is 99.6 Å². The van der Waals surface area contributed by atoms with Crippen molar-refractivity contribution in [2.24, 2.45) is 0 Å². The number of piperazine rings is 1. The van der Waals surface area contributed by atoms with Gasteiger partial charge in [0.1, 0.15) is 5.82 Å². The molecule has 0 aliphatic carbocycles. The van der Waals surface area contributed by atoms with E-state index in [1.165, 1.54) is 12.1 Å². The first-order chi connectivity index (χ1) is 8.16. The number of amides is 1. The topological polar surface area (TPSA) is 32.3 Å². The second kappa shape index (κ2) is 3.81. The fourth-order valence-electron chi connectivity index (χ4n) is 2.89. The Hall–Kier alpha value is -1.42. The Morgan fingerprint density at radius 2 is 2.12 bits per heavy atom. The third-order valence-electron chi connectivity index (χ3n) is 3.82. The van der Waals surface area contributed by atoms with E-state index in [2.05, 4.69) is 5.32 Å². The third-order valence-corrected chi connectivity index (χ3v) is 3.82. The molecule has 0 aromatic heterocycles. The van der Waals surface area contributed by atoms with E-state index in [0.29, 0.717) is 6.04 Å². The molecule has 3 rings (SSSR count). The van der Waals surface area contributed by atoms with Crippen molar-refractivity contribution in [3.63, 3.8) is 0 Å². The van der Waals surface area contributed by atoms with Gasteiger partial charge in [0.05, 0.1) is 12.1 Å². The number of halogens is 1. The van der Waals surface area contributed by atoms with E-state index in [1.54, 1.807) is 12.1 Å². The number of nitrogens with zero attached hydrogens (tertiary/aromatic N) is 1. The van der Waals surface area contributed by atoms with E-state index in [-0.39, 0.29) is 23.8 Å². The van der Waals surface area contributed by atoms with Gasteiger partial charge in [0, 0.05) is 12.6 Å². The van der Waals surface area contributed by atoms with Gasteiger partial charge in [-0.15, -0.1) is 0 Å². The van der Waals surface area contributed by atoms with Crippen LogP contribution < -0.4 is 5.32 Å². The van der Waals surface area contributed by atoms with Gasteiger partial charge in [-0.2, -0.15) is 0 Å². The van der Waals surface area contributed by atoms with Crippen molar-refractivity contribution >= 4 is 5.91 Å². The van der Waals surface area contributed by atoms with Gasteiger partial charge in [0.2, 0.25) is 5.91 Å². The first-order valence-electron chi connectivity index (χ1n) is 5.98. The lowest BCUT2D eigenvalue weighted by molar-refractivity contribution is -0.134. The second-order valence-electron chi connectivity index (χ2n) is 4.82. The van der Waals surface area contributed by atoms with Crippen LogP contribution in [0.2, 0.25) is 0 Å². The molecule has 1 N–H and O–H groups in total. The average molecular weight is 234 g/mol. The highest BCUT2D eigenvalue weighted by molar-refractivity contribution is 5.86. The SMILES string of the molecule is C[C@@H](c1ccc(F)cc1)N1C(=O)C2C[C@@H]1CN2. The molecule has 1 aromatic carbocycles. The molecule has 2 saturated heterocycles. The van der Waals surface area contributed by atoms with Crippen LogP contribution >= 0.6 is 0 Å². The maximum Gasteiger partial charge on any atom is 0.240 e. The van der Waals surface area contributed by atoms with Gasteiger partial charge in [-0.1, -0.05) is 12.1 Å². The van der Waals surface area contributed by atoms with Gasteiger partial charge in [0.25, 0.3) is 0 Å². The molecule has 2 aliphatic heterocycles. The Balaban J connectivity index is 1.85. The lowest BCUT2D eigenvalue weighted by atomic mass is 10.1. The van der Waals surface area contributed by atoms with Crippen LogP contribution in [0.25, 0.3) is 0 Å². The zero-order valence-corrected chi connectivity index (χ0v) is 9.69. The molecule has 1 unspecified atom stereocenters. The van der Waals surface area contributed by atoms with Crippen molar-refractivity contribution in [2.45, 2.75) is 31.5 Å². The van der Waals surface area contributed by atoms with Crippen molar-refractivity contribution in [3.05, 3.63) is 35.6 Å². The quantitative estimate of drug-likeness (QED) is 0.840. The number of likely N-dealkylation sites (tertiary alicyclic amines) is 1. The molecule has 0 radical (unpaired) electrons. The van der Waals surface area contributed by atoms with Crippen molar-refractivity contribution in [1.82, 2.24) is 10.2 Å². The first-order valence-corrected chi connectivity index (χ1v) is 5.98. The predicted octanol–water partition coefficient (Wildman–Crippen LogP) is 1.46. The normalized spacial score (nSPS) is 28.8. The minimum absolute atomic E-state index is 0.00268. The molecule has 1 amide bonds. The molecule has 90 valence electrons. The van der Waals surface area contributed by atoms with Crippen LogP contribution in [0.1, 0.15) is 24.9 Å². The van der Waals surface area contributed by atoms with Crippen molar-refractivity contribution < 1.29 is 9.18 Å². The number of hydrogen-bond donors (Lipinski definition) is 1. The van der Waals surface area contributed by atoms with E-state index in [9.17, 15) is 9.18 Å². The van der Waals surface area contributed by atoms with Gasteiger partial charge in [-0.05, 0) is 31.0 Å². The number of hydrogen-bond acceptors (Lipinski definition) is 2. The second-order valence-corrected chi connectivity index (χ2v) is 4.82. The van der Waals surface area contributed by atoms with Gasteiger partial charge in [-0.25, -0.2) is 4.39 Å². The summed E-state index contributed by atoms with van der Waals surface area (Å²) in [4.78, 5) is 14.0. The summed E-state index contributed by atoms with van der Waals surface area (Å²) in [5.41, 5.74) is 0.993. The standard InChI is InChI=1S/C13H15FN2O/c1-8(9-2-4-10(14)5-3-9)16-11-6-12(13(16)17)15-7-11/h2-5,8,11-12,15H,6-7H2,1H3/t8-,11+,12?/m0/s1. The lowest BCUT2D eigenvalue weighted by Gasteiger charge is -2.33. The molecule has 4 heteroatoms. The highest BCUT2D eigenvalue weighted by Gasteiger charge is 2.46. The number of carbonyl (C=O) groups excluding carboxylic acids is 1. The maximum absolute atomic E-state index is 12.9. The molecule has 1 aromatic rings. The summed E-state index contributed by atoms with van der Waals surface area (Å²) in [5, 5.41) is 3.20. The summed E-state index contributed by atoms with van der Waals surface area (Å²) in [5.74, 6) is -0.0602. The van der Waals surface area contributed by atoms with E-state index in [4.69, 9.17) is 0 Å². The molecule has 2 fully saturated rings. The Morgan fingerprint density at radius 1 is 1.41 bits per heavy atom. The van der Waals surface area contributed by atoms with Crippen molar-refractivity contribution in [1.29, 1.82) is 0 Å². The fourth-order valence-corrected chi connectivity index (χ4v) is 2.89. The van der Waals surface area contributed by atoms with Gasteiger partial charge >= 0.3 is 0 Å². The molecule has 2 bridgehead atoms. The summed E-state index contributed by atoms with van der Waals surface area (Å²) >= 11 is 0. The Morgan fingerprint density at radius 3 is 2.71 bits per heavy atom. The van der Waals surface area contributed by atoms with Crippen LogP contribution in [-0.2, 0) is 4.79 Å². The highest BCUT2D eigenvalue weighted by Crippen LogP contribution is 2.33. The smallest absolute Gasteiger partial charge is 0.240 e. The van der Waals surface area contributed by atoms with Gasteiger partial charge < -0.3 is 10.2 Å². The number of benzene rings is 1. The van der Waals surface area contributed by atoms with Crippen LogP contribution in [0.5, 0.6) is 0 Å². The summed E-state index contributed by atoms with van der Waals surface area (Å²) in [6, 6.07) is 6.74. The fraction of sp³-hybridized carbons (Fsp3) is 0.462. The van der Waals surface area contributed by atoms with Crippen LogP contribution in [0.4, 0.5) is 4.39 Å². The Bertz CT molecular complexity index is 445. The summed E-state index contributed by atoms with van der Waals surface area (Å²) in [6.45, 7) is 2.88. The van der Waals surface area contributed by atoms with Crippen LogP contribution in [0.3, 0.4) is 0 Å². The number of nitrogens with one attached hydrogen (secondary N) is 1. The number of fused-ring (bicyclic) bond motifs is 2. The first kappa shape index (κ1) is 10.7. The lowest BCUT2D eigenvalue weighted by Crippen LogP contribution is -2.48. The molecular weight excluding hydrogens is 219 g/mol. The molecular formula is C13H15FN2O. The minimum Gasteiger partial charge on any atom is -0.330 e. The van der Waals surface area contributed by atoms with E-state index >= 15 is 0 Å². The molecule has 17 heavy (non-hydrogen) atoms. The molecule has 0 spiro atoms. The zero-order valence-electron chi connectivity index (χ0n) is 9.69. The van der Waals surface area contributed by atoms with Crippen LogP contribution in [-0.4, -0.2) is 29.4 Å². The Kier molecular flexibility index (Phi) is 2.40. The monoisotopic (exact) mass is 234 g/mol. The summed E-state index contributed by atoms with van der Waals surface area (Å²) in [6.07, 6.45) is 0.907. The number of carbonyl (C=O) groups is 1. The zero-order chi connectivity index (χ0) is 12.0.